The molecule has 0 heterocycles. The second kappa shape index (κ2) is 8.52. The summed E-state index contributed by atoms with van der Waals surface area (Å²) in [5.41, 5.74) is 0.628. The maximum atomic E-state index is 10.0. The van der Waals surface area contributed by atoms with Gasteiger partial charge in [-0.2, -0.15) is 0 Å². The molecule has 118 valence electrons. The van der Waals surface area contributed by atoms with Gasteiger partial charge in [0.25, 0.3) is 0 Å². The lowest BCUT2D eigenvalue weighted by Gasteiger charge is -2.34. The smallest absolute Gasteiger partial charge is 0.0905 e. The van der Waals surface area contributed by atoms with Gasteiger partial charge >= 0.3 is 0 Å². The van der Waals surface area contributed by atoms with E-state index in [0.29, 0.717) is 12.5 Å². The van der Waals surface area contributed by atoms with Crippen molar-refractivity contribution in [2.75, 3.05) is 26.4 Å². The molecule has 2 N–H and O–H groups in total. The molecule has 3 nitrogen and oxygen atoms in total. The number of rotatable bonds is 9. The molecule has 1 saturated carbocycles. The minimum absolute atomic E-state index is 0.0572. The third-order valence-corrected chi connectivity index (χ3v) is 4.49. The molecule has 21 heavy (non-hydrogen) atoms. The highest BCUT2D eigenvalue weighted by atomic mass is 16.5. The third-order valence-electron chi connectivity index (χ3n) is 4.49. The van der Waals surface area contributed by atoms with E-state index in [0.717, 1.165) is 25.1 Å². The van der Waals surface area contributed by atoms with Gasteiger partial charge in [-0.05, 0) is 37.3 Å². The van der Waals surface area contributed by atoms with Gasteiger partial charge in [-0.25, -0.2) is 0 Å². The van der Waals surface area contributed by atoms with Gasteiger partial charge in [0, 0.05) is 6.61 Å². The maximum Gasteiger partial charge on any atom is 0.0905 e. The van der Waals surface area contributed by atoms with E-state index in [9.17, 15) is 5.11 Å². The zero-order valence-electron chi connectivity index (χ0n) is 13.2. The molecule has 1 unspecified atom stereocenters. The molecule has 2 rings (SSSR count). The quantitative estimate of drug-likeness (QED) is 0.734. The van der Waals surface area contributed by atoms with Crippen molar-refractivity contribution >= 4 is 0 Å². The molecule has 1 aliphatic carbocycles. The summed E-state index contributed by atoms with van der Waals surface area (Å²) >= 11 is 0. The fourth-order valence-corrected chi connectivity index (χ4v) is 3.13. The van der Waals surface area contributed by atoms with Gasteiger partial charge in [-0.15, -0.1) is 0 Å². The van der Waals surface area contributed by atoms with Gasteiger partial charge in [0.15, 0.2) is 0 Å². The van der Waals surface area contributed by atoms with Crippen LogP contribution in [0, 0.1) is 5.92 Å². The first-order chi connectivity index (χ1) is 10.3. The van der Waals surface area contributed by atoms with E-state index in [1.54, 1.807) is 0 Å². The highest BCUT2D eigenvalue weighted by molar-refractivity contribution is 5.25. The third kappa shape index (κ3) is 4.53. The van der Waals surface area contributed by atoms with Gasteiger partial charge in [0.05, 0.1) is 18.8 Å². The number of aliphatic hydroxyl groups excluding tert-OH is 1. The molecule has 0 saturated heterocycles. The monoisotopic (exact) mass is 291 g/mol. The van der Waals surface area contributed by atoms with E-state index in [4.69, 9.17) is 4.74 Å². The molecular weight excluding hydrogens is 262 g/mol. The fraction of sp³-hybridized carbons (Fsp3) is 0.667. The minimum Gasteiger partial charge on any atom is -0.394 e. The largest absolute Gasteiger partial charge is 0.394 e. The molecular formula is C18H29NO2. The Morgan fingerprint density at radius 2 is 1.95 bits per heavy atom. The second-order valence-corrected chi connectivity index (χ2v) is 6.20. The molecule has 1 aromatic carbocycles. The lowest BCUT2D eigenvalue weighted by atomic mass is 9.91. The first-order valence-corrected chi connectivity index (χ1v) is 8.30. The highest BCUT2D eigenvalue weighted by Gasteiger charge is 2.31. The van der Waals surface area contributed by atoms with Crippen molar-refractivity contribution in [3.8, 4) is 0 Å². The van der Waals surface area contributed by atoms with Gasteiger partial charge in [0.2, 0.25) is 0 Å². The van der Waals surface area contributed by atoms with Gasteiger partial charge < -0.3 is 15.2 Å². The Balaban J connectivity index is 1.99. The lowest BCUT2D eigenvalue weighted by Crippen LogP contribution is -2.50. The molecule has 1 fully saturated rings. The summed E-state index contributed by atoms with van der Waals surface area (Å²) in [6.45, 7) is 4.43. The van der Waals surface area contributed by atoms with Crippen LogP contribution in [0.2, 0.25) is 0 Å². The molecule has 0 amide bonds. The first kappa shape index (κ1) is 16.5. The van der Waals surface area contributed by atoms with Crippen LogP contribution in [0.15, 0.2) is 30.3 Å². The molecule has 1 aromatic rings. The van der Waals surface area contributed by atoms with Gasteiger partial charge in [-0.3, -0.25) is 0 Å². The maximum absolute atomic E-state index is 10.0. The number of hydrogen-bond donors (Lipinski definition) is 2. The van der Waals surface area contributed by atoms with Crippen LogP contribution in [0.5, 0.6) is 0 Å². The summed E-state index contributed by atoms with van der Waals surface area (Å²) in [4.78, 5) is 0. The standard InChI is InChI=1S/C18H29NO2/c1-2-12-19-18(14-20,17-10-4-3-5-11-17)15-21-13-16-8-6-7-9-16/h3-5,10-11,16,19-20H,2,6-9,12-15H2,1H3. The predicted molar refractivity (Wildman–Crippen MR) is 86.3 cm³/mol. The number of benzene rings is 1. The number of ether oxygens (including phenoxy) is 1. The van der Waals surface area contributed by atoms with Crippen LogP contribution in [-0.2, 0) is 10.3 Å². The van der Waals surface area contributed by atoms with E-state index < -0.39 is 5.54 Å². The van der Waals surface area contributed by atoms with Crippen LogP contribution in [0.1, 0.15) is 44.6 Å². The van der Waals surface area contributed by atoms with Crippen molar-refractivity contribution in [1.82, 2.24) is 5.32 Å². The Labute approximate surface area is 128 Å². The topological polar surface area (TPSA) is 41.5 Å². The predicted octanol–water partition coefficient (Wildman–Crippen LogP) is 3.08. The molecule has 0 bridgehead atoms. The Morgan fingerprint density at radius 3 is 2.57 bits per heavy atom. The van der Waals surface area contributed by atoms with E-state index in [1.165, 1.54) is 25.7 Å². The van der Waals surface area contributed by atoms with E-state index in [1.807, 2.05) is 18.2 Å². The first-order valence-electron chi connectivity index (χ1n) is 8.30. The van der Waals surface area contributed by atoms with Crippen molar-refractivity contribution in [2.24, 2.45) is 5.92 Å². The summed E-state index contributed by atoms with van der Waals surface area (Å²) in [6.07, 6.45) is 6.30. The molecule has 1 aliphatic rings. The molecule has 0 aliphatic heterocycles. The van der Waals surface area contributed by atoms with Crippen molar-refractivity contribution < 1.29 is 9.84 Å². The van der Waals surface area contributed by atoms with Crippen molar-refractivity contribution in [1.29, 1.82) is 0 Å². The van der Waals surface area contributed by atoms with Crippen molar-refractivity contribution in [2.45, 2.75) is 44.6 Å². The lowest BCUT2D eigenvalue weighted by molar-refractivity contribution is 0.0189. The highest BCUT2D eigenvalue weighted by Crippen LogP contribution is 2.26. The summed E-state index contributed by atoms with van der Waals surface area (Å²) in [5, 5.41) is 13.5. The fourth-order valence-electron chi connectivity index (χ4n) is 3.13. The average Bonchev–Trinajstić information content (AvgIpc) is 3.05. The molecule has 3 heteroatoms. The van der Waals surface area contributed by atoms with E-state index in [2.05, 4.69) is 24.4 Å². The van der Waals surface area contributed by atoms with Crippen LogP contribution in [-0.4, -0.2) is 31.5 Å². The summed E-state index contributed by atoms with van der Waals surface area (Å²) in [6, 6.07) is 10.2. The average molecular weight is 291 g/mol. The Morgan fingerprint density at radius 1 is 1.24 bits per heavy atom. The van der Waals surface area contributed by atoms with E-state index in [-0.39, 0.29) is 6.61 Å². The minimum atomic E-state index is -0.476. The van der Waals surface area contributed by atoms with Crippen LogP contribution in [0.4, 0.5) is 0 Å². The van der Waals surface area contributed by atoms with Gasteiger partial charge in [-0.1, -0.05) is 50.1 Å². The normalized spacial score (nSPS) is 18.8. The van der Waals surface area contributed by atoms with Crippen LogP contribution < -0.4 is 5.32 Å². The SMILES string of the molecule is CCCNC(CO)(COCC1CCCC1)c1ccccc1. The molecule has 0 spiro atoms. The number of aliphatic hydroxyl groups is 1. The van der Waals surface area contributed by atoms with Crippen LogP contribution >= 0.6 is 0 Å². The van der Waals surface area contributed by atoms with Gasteiger partial charge in [0.1, 0.15) is 0 Å². The molecule has 0 aromatic heterocycles. The van der Waals surface area contributed by atoms with Crippen LogP contribution in [0.3, 0.4) is 0 Å². The number of nitrogens with one attached hydrogen (secondary N) is 1. The van der Waals surface area contributed by atoms with E-state index >= 15 is 0 Å². The molecule has 1 atom stereocenters. The van der Waals surface area contributed by atoms with Crippen molar-refractivity contribution in [3.05, 3.63) is 35.9 Å². The zero-order chi connectivity index (χ0) is 15.0. The second-order valence-electron chi connectivity index (χ2n) is 6.20. The van der Waals surface area contributed by atoms with Crippen LogP contribution in [0.25, 0.3) is 0 Å². The zero-order valence-corrected chi connectivity index (χ0v) is 13.2. The Hall–Kier alpha value is -0.900. The summed E-state index contributed by atoms with van der Waals surface area (Å²) < 4.78 is 6.00. The Kier molecular flexibility index (Phi) is 6.68. The summed E-state index contributed by atoms with van der Waals surface area (Å²) in [7, 11) is 0. The Bertz CT molecular complexity index is 389. The summed E-state index contributed by atoms with van der Waals surface area (Å²) in [5.74, 6) is 0.711. The molecule has 0 radical (unpaired) electrons. The number of hydrogen-bond acceptors (Lipinski definition) is 3. The van der Waals surface area contributed by atoms with Crippen molar-refractivity contribution in [3.63, 3.8) is 0 Å².